The molecule has 0 unspecified atom stereocenters. The first-order chi connectivity index (χ1) is 18.3. The Labute approximate surface area is 219 Å². The molecule has 37 heavy (non-hydrogen) atoms. The minimum Gasteiger partial charge on any atom is -0.340 e. The molecule has 0 aliphatic carbocycles. The number of rotatable bonds is 8. The van der Waals surface area contributed by atoms with E-state index >= 15 is 0 Å². The van der Waals surface area contributed by atoms with Gasteiger partial charge in [-0.1, -0.05) is 117 Å². The smallest absolute Gasteiger partial charge is 0.0497 e. The van der Waals surface area contributed by atoms with Crippen LogP contribution in [0.2, 0.25) is 0 Å². The van der Waals surface area contributed by atoms with Crippen LogP contribution >= 0.6 is 0 Å². The minimum absolute atomic E-state index is 1.06. The first kappa shape index (κ1) is 23.3. The molecule has 1 heteroatoms. The summed E-state index contributed by atoms with van der Waals surface area (Å²) in [6.07, 6.45) is 7.40. The summed E-state index contributed by atoms with van der Waals surface area (Å²) in [5, 5.41) is 5.30. The van der Waals surface area contributed by atoms with Gasteiger partial charge in [-0.3, -0.25) is 0 Å². The molecule has 6 rings (SSSR count). The molecule has 0 saturated heterocycles. The summed E-state index contributed by atoms with van der Waals surface area (Å²) in [6, 6.07) is 42.0. The average Bonchev–Trinajstić information content (AvgIpc) is 3.25. The predicted octanol–water partition coefficient (Wildman–Crippen LogP) is 10.1. The van der Waals surface area contributed by atoms with Gasteiger partial charge < -0.3 is 4.57 Å². The van der Waals surface area contributed by atoms with Crippen LogP contribution in [0.3, 0.4) is 0 Å². The van der Waals surface area contributed by atoms with Crippen molar-refractivity contribution < 1.29 is 0 Å². The molecule has 0 aliphatic heterocycles. The van der Waals surface area contributed by atoms with Crippen LogP contribution in [0, 0.1) is 0 Å². The maximum atomic E-state index is 2.55. The Bertz CT molecular complexity index is 1650. The molecule has 0 aliphatic rings. The lowest BCUT2D eigenvalue weighted by atomic mass is 9.95. The maximum absolute atomic E-state index is 2.55. The summed E-state index contributed by atoms with van der Waals surface area (Å²) in [5.74, 6) is 0. The molecule has 1 aromatic heterocycles. The SMILES string of the molecule is CCCCCCn1c2ccc(C=C(c3ccccc3)c3ccccc3)cc2c2cc3ccccc3cc21. The lowest BCUT2D eigenvalue weighted by molar-refractivity contribution is 0.602. The van der Waals surface area contributed by atoms with E-state index in [0.29, 0.717) is 0 Å². The molecule has 0 bridgehead atoms. The molecule has 0 N–H and O–H groups in total. The summed E-state index contributed by atoms with van der Waals surface area (Å²) >= 11 is 0. The summed E-state index contributed by atoms with van der Waals surface area (Å²) < 4.78 is 2.55. The topological polar surface area (TPSA) is 4.93 Å². The van der Waals surface area contributed by atoms with Gasteiger partial charge in [0.25, 0.3) is 0 Å². The molecule has 0 radical (unpaired) electrons. The number of benzene rings is 5. The largest absolute Gasteiger partial charge is 0.340 e. The van der Waals surface area contributed by atoms with E-state index in [0.717, 1.165) is 6.54 Å². The third kappa shape index (κ3) is 4.70. The van der Waals surface area contributed by atoms with Gasteiger partial charge in [0.15, 0.2) is 0 Å². The van der Waals surface area contributed by atoms with Crippen molar-refractivity contribution in [3.8, 4) is 0 Å². The van der Waals surface area contributed by atoms with Gasteiger partial charge in [0.2, 0.25) is 0 Å². The van der Waals surface area contributed by atoms with Gasteiger partial charge in [-0.05, 0) is 69.8 Å². The fourth-order valence-corrected chi connectivity index (χ4v) is 5.56. The van der Waals surface area contributed by atoms with E-state index in [2.05, 4.69) is 133 Å². The van der Waals surface area contributed by atoms with Crippen LogP contribution in [0.25, 0.3) is 44.2 Å². The highest BCUT2D eigenvalue weighted by Crippen LogP contribution is 2.35. The normalized spacial score (nSPS) is 11.4. The summed E-state index contributed by atoms with van der Waals surface area (Å²) in [7, 11) is 0. The van der Waals surface area contributed by atoms with Crippen LogP contribution in [-0.2, 0) is 6.54 Å². The Morgan fingerprint density at radius 3 is 1.89 bits per heavy atom. The third-order valence-electron chi connectivity index (χ3n) is 7.47. The Morgan fingerprint density at radius 2 is 1.22 bits per heavy atom. The number of fused-ring (bicyclic) bond motifs is 4. The van der Waals surface area contributed by atoms with Crippen LogP contribution in [0.5, 0.6) is 0 Å². The number of hydrogen-bond acceptors (Lipinski definition) is 0. The Kier molecular flexibility index (Phi) is 6.60. The zero-order valence-electron chi connectivity index (χ0n) is 21.5. The van der Waals surface area contributed by atoms with Gasteiger partial charge >= 0.3 is 0 Å². The van der Waals surface area contributed by atoms with Crippen molar-refractivity contribution >= 4 is 44.2 Å². The Hall–Kier alpha value is -4.10. The molecule has 0 fully saturated rings. The Balaban J connectivity index is 1.53. The summed E-state index contributed by atoms with van der Waals surface area (Å²) in [6.45, 7) is 3.34. The van der Waals surface area contributed by atoms with Crippen molar-refractivity contribution in [1.82, 2.24) is 4.57 Å². The maximum Gasteiger partial charge on any atom is 0.0497 e. The molecular formula is C36H33N. The van der Waals surface area contributed by atoms with Crippen LogP contribution in [-0.4, -0.2) is 4.57 Å². The molecule has 1 nitrogen and oxygen atoms in total. The van der Waals surface area contributed by atoms with Crippen molar-refractivity contribution in [2.24, 2.45) is 0 Å². The second-order valence-electron chi connectivity index (χ2n) is 10.00. The molecule has 6 aromatic rings. The highest BCUT2D eigenvalue weighted by molar-refractivity contribution is 6.13. The lowest BCUT2D eigenvalue weighted by Crippen LogP contribution is -1.97. The molecule has 5 aromatic carbocycles. The monoisotopic (exact) mass is 479 g/mol. The summed E-state index contributed by atoms with van der Waals surface area (Å²) in [4.78, 5) is 0. The van der Waals surface area contributed by atoms with Gasteiger partial charge in [-0.15, -0.1) is 0 Å². The second kappa shape index (κ2) is 10.5. The number of hydrogen-bond donors (Lipinski definition) is 0. The average molecular weight is 480 g/mol. The predicted molar refractivity (Wildman–Crippen MR) is 161 cm³/mol. The first-order valence-corrected chi connectivity index (χ1v) is 13.6. The van der Waals surface area contributed by atoms with Gasteiger partial charge in [-0.25, -0.2) is 0 Å². The van der Waals surface area contributed by atoms with Crippen LogP contribution in [0.15, 0.2) is 115 Å². The van der Waals surface area contributed by atoms with Crippen LogP contribution in [0.1, 0.15) is 49.3 Å². The highest BCUT2D eigenvalue weighted by atomic mass is 15.0. The lowest BCUT2D eigenvalue weighted by Gasteiger charge is -2.10. The number of aryl methyl sites for hydroxylation is 1. The van der Waals surface area contributed by atoms with Gasteiger partial charge in [0, 0.05) is 28.4 Å². The second-order valence-corrected chi connectivity index (χ2v) is 10.00. The standard InChI is InChI=1S/C36H33N/c1-2-3-4-13-22-37-35-21-20-27(23-32(28-14-7-5-8-15-28)29-16-9-6-10-17-29)24-33(35)34-25-30-18-11-12-19-31(30)26-36(34)37/h5-12,14-21,23-26H,2-4,13,22H2,1H3. The fourth-order valence-electron chi connectivity index (χ4n) is 5.56. The molecule has 0 spiro atoms. The zero-order valence-corrected chi connectivity index (χ0v) is 21.5. The molecule has 0 amide bonds. The number of aromatic nitrogens is 1. The van der Waals surface area contributed by atoms with Crippen molar-refractivity contribution in [2.45, 2.75) is 39.2 Å². The third-order valence-corrected chi connectivity index (χ3v) is 7.47. The number of nitrogens with zero attached hydrogens (tertiary/aromatic N) is 1. The number of unbranched alkanes of at least 4 members (excludes halogenated alkanes) is 3. The first-order valence-electron chi connectivity index (χ1n) is 13.6. The van der Waals surface area contributed by atoms with Gasteiger partial charge in [0.05, 0.1) is 0 Å². The fraction of sp³-hybridized carbons (Fsp3) is 0.167. The van der Waals surface area contributed by atoms with Crippen molar-refractivity contribution in [3.63, 3.8) is 0 Å². The van der Waals surface area contributed by atoms with Crippen molar-refractivity contribution in [3.05, 3.63) is 132 Å². The van der Waals surface area contributed by atoms with E-state index in [1.54, 1.807) is 0 Å². The molecule has 182 valence electrons. The van der Waals surface area contributed by atoms with E-state index in [1.165, 1.54) is 80.5 Å². The van der Waals surface area contributed by atoms with Crippen molar-refractivity contribution in [1.29, 1.82) is 0 Å². The van der Waals surface area contributed by atoms with Gasteiger partial charge in [-0.2, -0.15) is 0 Å². The van der Waals surface area contributed by atoms with E-state index in [1.807, 2.05) is 0 Å². The Morgan fingerprint density at radius 1 is 0.595 bits per heavy atom. The highest BCUT2D eigenvalue weighted by Gasteiger charge is 2.13. The van der Waals surface area contributed by atoms with E-state index in [-0.39, 0.29) is 0 Å². The quantitative estimate of drug-likeness (QED) is 0.151. The van der Waals surface area contributed by atoms with Crippen molar-refractivity contribution in [2.75, 3.05) is 0 Å². The van der Waals surface area contributed by atoms with Crippen LogP contribution in [0.4, 0.5) is 0 Å². The van der Waals surface area contributed by atoms with E-state index in [9.17, 15) is 0 Å². The van der Waals surface area contributed by atoms with E-state index in [4.69, 9.17) is 0 Å². The van der Waals surface area contributed by atoms with Gasteiger partial charge in [0.1, 0.15) is 0 Å². The molecule has 0 atom stereocenters. The molecule has 0 saturated carbocycles. The van der Waals surface area contributed by atoms with Crippen LogP contribution < -0.4 is 0 Å². The van der Waals surface area contributed by atoms with E-state index < -0.39 is 0 Å². The zero-order chi connectivity index (χ0) is 25.0. The summed E-state index contributed by atoms with van der Waals surface area (Å²) in [5.41, 5.74) is 7.62. The molecule has 1 heterocycles. The minimum atomic E-state index is 1.06. The molecular weight excluding hydrogens is 446 g/mol.